The monoisotopic (exact) mass is 250 g/mol. The van der Waals surface area contributed by atoms with Crippen molar-refractivity contribution in [2.75, 3.05) is 12.8 Å². The summed E-state index contributed by atoms with van der Waals surface area (Å²) in [5, 5.41) is 0. The molecule has 5 nitrogen and oxygen atoms in total. The summed E-state index contributed by atoms with van der Waals surface area (Å²) in [5.74, 6) is -0.145. The second-order valence-corrected chi connectivity index (χ2v) is 4.46. The van der Waals surface area contributed by atoms with E-state index in [1.165, 1.54) is 32.4 Å². The number of rotatable bonds is 3. The SMILES string of the molecule is COC(=O)c1ccc(N)c(OC2CCCCC2)n1. The van der Waals surface area contributed by atoms with E-state index in [0.717, 1.165) is 12.8 Å². The predicted molar refractivity (Wildman–Crippen MR) is 67.5 cm³/mol. The molecule has 0 radical (unpaired) electrons. The van der Waals surface area contributed by atoms with Gasteiger partial charge in [-0.2, -0.15) is 0 Å². The molecule has 1 heterocycles. The Morgan fingerprint density at radius 1 is 1.33 bits per heavy atom. The molecule has 1 aromatic heterocycles. The van der Waals surface area contributed by atoms with Crippen molar-refractivity contribution in [2.24, 2.45) is 0 Å². The van der Waals surface area contributed by atoms with Crippen molar-refractivity contribution in [1.29, 1.82) is 0 Å². The van der Waals surface area contributed by atoms with Crippen molar-refractivity contribution in [3.8, 4) is 5.88 Å². The highest BCUT2D eigenvalue weighted by Gasteiger charge is 2.18. The van der Waals surface area contributed by atoms with Crippen molar-refractivity contribution in [1.82, 2.24) is 4.98 Å². The summed E-state index contributed by atoms with van der Waals surface area (Å²) in [7, 11) is 1.32. The molecule has 1 aliphatic carbocycles. The van der Waals surface area contributed by atoms with Gasteiger partial charge in [0.1, 0.15) is 6.10 Å². The van der Waals surface area contributed by atoms with E-state index in [2.05, 4.69) is 9.72 Å². The third-order valence-electron chi connectivity index (χ3n) is 3.11. The Kier molecular flexibility index (Phi) is 4.02. The number of nitrogens with zero attached hydrogens (tertiary/aromatic N) is 1. The fourth-order valence-corrected chi connectivity index (χ4v) is 2.10. The minimum atomic E-state index is -0.483. The van der Waals surface area contributed by atoms with Crippen LogP contribution in [0.25, 0.3) is 0 Å². The minimum Gasteiger partial charge on any atom is -0.473 e. The average Bonchev–Trinajstić information content (AvgIpc) is 2.41. The molecule has 0 saturated heterocycles. The molecule has 0 aromatic carbocycles. The van der Waals surface area contributed by atoms with E-state index in [1.54, 1.807) is 6.07 Å². The first-order valence-electron chi connectivity index (χ1n) is 6.22. The molecule has 0 unspecified atom stereocenters. The van der Waals surface area contributed by atoms with Gasteiger partial charge < -0.3 is 15.2 Å². The quantitative estimate of drug-likeness (QED) is 0.832. The van der Waals surface area contributed by atoms with Gasteiger partial charge in [-0.05, 0) is 37.8 Å². The number of hydrogen-bond acceptors (Lipinski definition) is 5. The fraction of sp³-hybridized carbons (Fsp3) is 0.538. The van der Waals surface area contributed by atoms with Crippen LogP contribution in [-0.2, 0) is 4.74 Å². The lowest BCUT2D eigenvalue weighted by Gasteiger charge is -2.23. The predicted octanol–water partition coefficient (Wildman–Crippen LogP) is 2.16. The molecule has 0 amide bonds. The van der Waals surface area contributed by atoms with Gasteiger partial charge in [0.15, 0.2) is 5.69 Å². The number of nitrogen functional groups attached to an aromatic ring is 1. The molecule has 1 saturated carbocycles. The van der Waals surface area contributed by atoms with Crippen molar-refractivity contribution >= 4 is 11.7 Å². The third kappa shape index (κ3) is 2.91. The van der Waals surface area contributed by atoms with E-state index in [1.807, 2.05) is 0 Å². The molecule has 1 aliphatic rings. The first-order chi connectivity index (χ1) is 8.70. The summed E-state index contributed by atoms with van der Waals surface area (Å²) < 4.78 is 10.4. The zero-order valence-electron chi connectivity index (χ0n) is 10.5. The second-order valence-electron chi connectivity index (χ2n) is 4.46. The van der Waals surface area contributed by atoms with Crippen LogP contribution in [0.5, 0.6) is 5.88 Å². The van der Waals surface area contributed by atoms with Gasteiger partial charge in [-0.25, -0.2) is 9.78 Å². The maximum Gasteiger partial charge on any atom is 0.356 e. The van der Waals surface area contributed by atoms with E-state index in [-0.39, 0.29) is 11.8 Å². The molecule has 0 bridgehead atoms. The smallest absolute Gasteiger partial charge is 0.356 e. The van der Waals surface area contributed by atoms with Crippen molar-refractivity contribution < 1.29 is 14.3 Å². The summed E-state index contributed by atoms with van der Waals surface area (Å²) in [6.07, 6.45) is 5.78. The Labute approximate surface area is 106 Å². The molecule has 0 spiro atoms. The van der Waals surface area contributed by atoms with Gasteiger partial charge in [-0.15, -0.1) is 0 Å². The number of methoxy groups -OCH3 is 1. The van der Waals surface area contributed by atoms with Gasteiger partial charge in [0.2, 0.25) is 5.88 Å². The van der Waals surface area contributed by atoms with Crippen molar-refractivity contribution in [2.45, 2.75) is 38.2 Å². The zero-order valence-corrected chi connectivity index (χ0v) is 10.5. The van der Waals surface area contributed by atoms with Crippen LogP contribution >= 0.6 is 0 Å². The standard InChI is InChI=1S/C13H18N2O3/c1-17-13(16)11-8-7-10(14)12(15-11)18-9-5-3-2-4-6-9/h7-9H,2-6,14H2,1H3. The Hall–Kier alpha value is -1.78. The highest BCUT2D eigenvalue weighted by atomic mass is 16.5. The molecule has 18 heavy (non-hydrogen) atoms. The molecule has 0 aliphatic heterocycles. The fourth-order valence-electron chi connectivity index (χ4n) is 2.10. The van der Waals surface area contributed by atoms with Crippen molar-refractivity contribution in [3.05, 3.63) is 17.8 Å². The van der Waals surface area contributed by atoms with Crippen LogP contribution in [0.4, 0.5) is 5.69 Å². The zero-order chi connectivity index (χ0) is 13.0. The topological polar surface area (TPSA) is 74.4 Å². The Balaban J connectivity index is 2.12. The molecule has 2 rings (SSSR count). The van der Waals surface area contributed by atoms with E-state index >= 15 is 0 Å². The Morgan fingerprint density at radius 2 is 2.06 bits per heavy atom. The summed E-state index contributed by atoms with van der Waals surface area (Å²) >= 11 is 0. The van der Waals surface area contributed by atoms with Crippen molar-refractivity contribution in [3.63, 3.8) is 0 Å². The number of anilines is 1. The molecule has 1 aromatic rings. The number of carbonyl (C=O) groups is 1. The number of pyridine rings is 1. The van der Waals surface area contributed by atoms with E-state index in [4.69, 9.17) is 10.5 Å². The number of esters is 1. The molecule has 5 heteroatoms. The highest BCUT2D eigenvalue weighted by Crippen LogP contribution is 2.26. The highest BCUT2D eigenvalue weighted by molar-refractivity contribution is 5.87. The molecule has 2 N–H and O–H groups in total. The van der Waals surface area contributed by atoms with Gasteiger partial charge in [0.25, 0.3) is 0 Å². The van der Waals surface area contributed by atoms with Crippen LogP contribution in [-0.4, -0.2) is 24.2 Å². The largest absolute Gasteiger partial charge is 0.473 e. The van der Waals surface area contributed by atoms with Crippen LogP contribution in [0.3, 0.4) is 0 Å². The maximum atomic E-state index is 11.4. The summed E-state index contributed by atoms with van der Waals surface area (Å²) in [5.41, 5.74) is 6.48. The number of ether oxygens (including phenoxy) is 2. The molecule has 98 valence electrons. The summed E-state index contributed by atoms with van der Waals surface area (Å²) in [6.45, 7) is 0. The average molecular weight is 250 g/mol. The lowest BCUT2D eigenvalue weighted by Crippen LogP contribution is -2.21. The molecular weight excluding hydrogens is 232 g/mol. The number of nitrogens with two attached hydrogens (primary N) is 1. The van der Waals surface area contributed by atoms with E-state index in [9.17, 15) is 4.79 Å². The molecule has 0 atom stereocenters. The number of hydrogen-bond donors (Lipinski definition) is 1. The second kappa shape index (κ2) is 5.71. The number of aromatic nitrogens is 1. The first kappa shape index (κ1) is 12.7. The van der Waals surface area contributed by atoms with Gasteiger partial charge in [0.05, 0.1) is 12.8 Å². The van der Waals surface area contributed by atoms with Gasteiger partial charge in [-0.3, -0.25) is 0 Å². The van der Waals surface area contributed by atoms with Crippen LogP contribution in [0, 0.1) is 0 Å². The first-order valence-corrected chi connectivity index (χ1v) is 6.22. The molecular formula is C13H18N2O3. The molecule has 1 fully saturated rings. The van der Waals surface area contributed by atoms with Gasteiger partial charge >= 0.3 is 5.97 Å². The lowest BCUT2D eigenvalue weighted by molar-refractivity contribution is 0.0591. The van der Waals surface area contributed by atoms with E-state index in [0.29, 0.717) is 11.6 Å². The van der Waals surface area contributed by atoms with Crippen LogP contribution in [0.1, 0.15) is 42.6 Å². The third-order valence-corrected chi connectivity index (χ3v) is 3.11. The maximum absolute atomic E-state index is 11.4. The number of carbonyl (C=O) groups excluding carboxylic acids is 1. The minimum absolute atomic E-state index is 0.154. The lowest BCUT2D eigenvalue weighted by atomic mass is 9.98. The van der Waals surface area contributed by atoms with Crippen LogP contribution in [0.15, 0.2) is 12.1 Å². The van der Waals surface area contributed by atoms with Gasteiger partial charge in [-0.1, -0.05) is 6.42 Å². The summed E-state index contributed by atoms with van der Waals surface area (Å²) in [6, 6.07) is 3.16. The summed E-state index contributed by atoms with van der Waals surface area (Å²) in [4.78, 5) is 15.5. The van der Waals surface area contributed by atoms with E-state index < -0.39 is 5.97 Å². The Bertz CT molecular complexity index is 428. The van der Waals surface area contributed by atoms with Crippen LogP contribution < -0.4 is 10.5 Å². The Morgan fingerprint density at radius 3 is 2.72 bits per heavy atom. The van der Waals surface area contributed by atoms with Crippen LogP contribution in [0.2, 0.25) is 0 Å². The van der Waals surface area contributed by atoms with Gasteiger partial charge in [0, 0.05) is 0 Å². The normalized spacial score (nSPS) is 16.3.